The molecule has 10 heavy (non-hydrogen) atoms. The summed E-state index contributed by atoms with van der Waals surface area (Å²) in [6, 6.07) is 0. The predicted octanol–water partition coefficient (Wildman–Crippen LogP) is 2.26. The quantitative estimate of drug-likeness (QED) is 0.398. The van der Waals surface area contributed by atoms with E-state index in [1.54, 1.807) is 6.08 Å². The summed E-state index contributed by atoms with van der Waals surface area (Å²) >= 11 is 0. The monoisotopic (exact) mass is 182 g/mol. The van der Waals surface area contributed by atoms with Crippen molar-refractivity contribution in [1.29, 1.82) is 0 Å². The second-order valence-corrected chi connectivity index (χ2v) is 0.408. The molecule has 0 unspecified atom stereocenters. The maximum absolute atomic E-state index is 3.36. The number of allylic oxidation sites excluding steroid dienone is 1. The van der Waals surface area contributed by atoms with Crippen molar-refractivity contribution < 1.29 is 32.9 Å². The summed E-state index contributed by atoms with van der Waals surface area (Å²) in [4.78, 5) is 0. The van der Waals surface area contributed by atoms with Crippen LogP contribution in [0.3, 0.4) is 0 Å². The summed E-state index contributed by atoms with van der Waals surface area (Å²) in [5.74, 6) is 0. The van der Waals surface area contributed by atoms with Gasteiger partial charge in [-0.05, 0) is 6.92 Å². The van der Waals surface area contributed by atoms with E-state index in [0.29, 0.717) is 0 Å². The van der Waals surface area contributed by atoms with E-state index in [9.17, 15) is 0 Å². The normalized spacial score (nSPS) is 1.30. The van der Waals surface area contributed by atoms with Gasteiger partial charge < -0.3 is 0 Å². The van der Waals surface area contributed by atoms with E-state index in [2.05, 4.69) is 6.58 Å². The Bertz CT molecular complexity index is 16.3. The molecule has 0 aromatic carbocycles. The minimum atomic E-state index is 0. The molecule has 0 bridgehead atoms. The van der Waals surface area contributed by atoms with Gasteiger partial charge in [0.15, 0.2) is 0 Å². The summed E-state index contributed by atoms with van der Waals surface area (Å²) in [5, 5.41) is 0. The molecule has 0 aliphatic heterocycles. The zero-order valence-electron chi connectivity index (χ0n) is 5.14. The van der Waals surface area contributed by atoms with Gasteiger partial charge in [-0.15, -0.1) is 6.58 Å². The molecule has 0 amide bonds. The molecule has 0 aromatic rings. The van der Waals surface area contributed by atoms with Crippen molar-refractivity contribution >= 4 is 0 Å². The molecule has 0 N–H and O–H groups in total. The number of halogens is 7. The molecule has 0 fully saturated rings. The van der Waals surface area contributed by atoms with Gasteiger partial charge >= 0.3 is 0 Å². The van der Waals surface area contributed by atoms with E-state index in [4.69, 9.17) is 0 Å². The first-order valence-corrected chi connectivity index (χ1v) is 0.986. The van der Waals surface area contributed by atoms with Gasteiger partial charge in [0.1, 0.15) is 0 Å². The maximum Gasteiger partial charge on any atom is -0.0473 e. The number of rotatable bonds is 0. The van der Waals surface area contributed by atoms with Crippen molar-refractivity contribution in [3.63, 3.8) is 0 Å². The molecule has 74 valence electrons. The van der Waals surface area contributed by atoms with Crippen LogP contribution in [0.1, 0.15) is 6.92 Å². The van der Waals surface area contributed by atoms with Crippen LogP contribution >= 0.6 is 0 Å². The van der Waals surface area contributed by atoms with Crippen LogP contribution in [0.4, 0.5) is 32.9 Å². The van der Waals surface area contributed by atoms with Gasteiger partial charge in [-0.3, -0.25) is 32.9 Å². The van der Waals surface area contributed by atoms with E-state index in [0.717, 1.165) is 0 Å². The summed E-state index contributed by atoms with van der Waals surface area (Å²) < 4.78 is 0. The molecular formula is C3H13F7. The van der Waals surface area contributed by atoms with Crippen LogP contribution in [0.2, 0.25) is 0 Å². The lowest BCUT2D eigenvalue weighted by Gasteiger charge is -1.31. The van der Waals surface area contributed by atoms with Crippen LogP contribution in [0.25, 0.3) is 0 Å². The third-order valence-electron chi connectivity index (χ3n) is 0. The van der Waals surface area contributed by atoms with Crippen LogP contribution < -0.4 is 0 Å². The van der Waals surface area contributed by atoms with Gasteiger partial charge in [0.2, 0.25) is 0 Å². The Balaban J connectivity index is -0.000000000952. The average Bonchev–Trinajstić information content (AvgIpc) is 0.918. The predicted molar refractivity (Wildman–Crippen MR) is 33.4 cm³/mol. The molecule has 7 heteroatoms. The first kappa shape index (κ1) is 403. The van der Waals surface area contributed by atoms with Gasteiger partial charge in [-0.25, -0.2) is 0 Å². The van der Waals surface area contributed by atoms with E-state index in [1.807, 2.05) is 6.92 Å². The topological polar surface area (TPSA) is 0 Å². The van der Waals surface area contributed by atoms with Crippen molar-refractivity contribution in [1.82, 2.24) is 0 Å². The van der Waals surface area contributed by atoms with Gasteiger partial charge in [0.25, 0.3) is 0 Å². The van der Waals surface area contributed by atoms with E-state index in [1.165, 1.54) is 0 Å². The summed E-state index contributed by atoms with van der Waals surface area (Å²) in [7, 11) is 0. The molecule has 0 aliphatic rings. The van der Waals surface area contributed by atoms with E-state index < -0.39 is 0 Å². The number of hydrogen-bond acceptors (Lipinski definition) is 0. The van der Waals surface area contributed by atoms with E-state index >= 15 is 0 Å². The van der Waals surface area contributed by atoms with Crippen LogP contribution in [0, 0.1) is 0 Å². The van der Waals surface area contributed by atoms with Crippen LogP contribution in [-0.2, 0) is 0 Å². The number of hydrogen-bond donors (Lipinski definition) is 0. The molecule has 0 radical (unpaired) electrons. The van der Waals surface area contributed by atoms with Gasteiger partial charge in [0.05, 0.1) is 0 Å². The standard InChI is InChI=1S/C3H6.7FH/c1-3-2;;;;;;;/h3H,1H2,2H3;7*1H. The third-order valence-corrected chi connectivity index (χ3v) is 0. The lowest BCUT2D eigenvalue weighted by Crippen LogP contribution is -1.07. The summed E-state index contributed by atoms with van der Waals surface area (Å²) in [5.41, 5.74) is 0. The Hall–Kier alpha value is -0.750. The molecule has 0 atom stereocenters. The van der Waals surface area contributed by atoms with Crippen molar-refractivity contribution in [3.8, 4) is 0 Å². The smallest absolute Gasteiger partial charge is 0.0473 e. The molecule has 0 spiro atoms. The third kappa shape index (κ3) is 503. The van der Waals surface area contributed by atoms with Crippen molar-refractivity contribution in [2.45, 2.75) is 6.92 Å². The fourth-order valence-corrected chi connectivity index (χ4v) is 0. The Morgan fingerprint density at radius 2 is 0.700 bits per heavy atom. The van der Waals surface area contributed by atoms with Crippen LogP contribution in [-0.4, -0.2) is 0 Å². The Morgan fingerprint density at radius 3 is 0.700 bits per heavy atom. The highest BCUT2D eigenvalue weighted by Crippen LogP contribution is 1.38. The summed E-state index contributed by atoms with van der Waals surface area (Å²) in [6.45, 7) is 5.25. The molecule has 0 rings (SSSR count). The second-order valence-electron chi connectivity index (χ2n) is 0.408. The Morgan fingerprint density at radius 1 is 0.700 bits per heavy atom. The van der Waals surface area contributed by atoms with Gasteiger partial charge in [-0.2, -0.15) is 0 Å². The molecule has 0 saturated heterocycles. The molecule has 0 aliphatic carbocycles. The summed E-state index contributed by atoms with van der Waals surface area (Å²) in [6.07, 6.45) is 1.75. The minimum Gasteiger partial charge on any atom is -0.269 e. The molecule has 0 heterocycles. The SMILES string of the molecule is C=CC.F.F.F.F.F.F.F. The van der Waals surface area contributed by atoms with Crippen molar-refractivity contribution in [3.05, 3.63) is 12.7 Å². The fraction of sp³-hybridized carbons (Fsp3) is 0.333. The highest BCUT2D eigenvalue weighted by Gasteiger charge is 1.15. The van der Waals surface area contributed by atoms with Crippen molar-refractivity contribution in [2.75, 3.05) is 0 Å². The molecule has 0 saturated carbocycles. The maximum atomic E-state index is 3.36. The fourth-order valence-electron chi connectivity index (χ4n) is 0. The van der Waals surface area contributed by atoms with Gasteiger partial charge in [0, 0.05) is 0 Å². The lowest BCUT2D eigenvalue weighted by atomic mass is 10.8. The molecule has 0 aromatic heterocycles. The molecular weight excluding hydrogens is 169 g/mol. The first-order valence-electron chi connectivity index (χ1n) is 0.986. The second kappa shape index (κ2) is 6940. The van der Waals surface area contributed by atoms with Crippen LogP contribution in [0.5, 0.6) is 0 Å². The molecule has 0 nitrogen and oxygen atoms in total. The van der Waals surface area contributed by atoms with Crippen LogP contribution in [0.15, 0.2) is 12.7 Å². The van der Waals surface area contributed by atoms with E-state index in [-0.39, 0.29) is 32.9 Å². The zero-order valence-corrected chi connectivity index (χ0v) is 5.14. The lowest BCUT2D eigenvalue weighted by molar-refractivity contribution is 1.11. The average molecular weight is 182 g/mol. The highest BCUT2D eigenvalue weighted by atomic mass is 19.0. The van der Waals surface area contributed by atoms with Crippen molar-refractivity contribution in [2.24, 2.45) is 0 Å². The minimum absolute atomic E-state index is 0. The largest absolute Gasteiger partial charge is 0.269 e. The highest BCUT2D eigenvalue weighted by molar-refractivity contribution is 4.51. The van der Waals surface area contributed by atoms with Gasteiger partial charge in [-0.1, -0.05) is 6.08 Å². The zero-order chi connectivity index (χ0) is 2.71. The Kier molecular flexibility index (Phi) is 280000. The Labute approximate surface area is 53.9 Å². The first-order chi connectivity index (χ1) is 1.41.